The number of nitrogens with zero attached hydrogens (tertiary/aromatic N) is 1. The van der Waals surface area contributed by atoms with Crippen molar-refractivity contribution in [2.75, 3.05) is 11.9 Å². The minimum Gasteiger partial charge on any atom is -0.486 e. The van der Waals surface area contributed by atoms with Gasteiger partial charge < -0.3 is 4.74 Å². The number of ether oxygens (including phenoxy) is 1. The van der Waals surface area contributed by atoms with E-state index in [1.165, 1.54) is 6.42 Å². The highest BCUT2D eigenvalue weighted by Gasteiger charge is 2.37. The molecule has 0 heterocycles. The third kappa shape index (κ3) is 2.66. The molecule has 1 aliphatic rings. The zero-order valence-corrected chi connectivity index (χ0v) is 11.9. The summed E-state index contributed by atoms with van der Waals surface area (Å²) in [6.07, 6.45) is 3.46. The van der Waals surface area contributed by atoms with E-state index in [2.05, 4.69) is 15.9 Å². The third-order valence-corrected chi connectivity index (χ3v) is 4.73. The van der Waals surface area contributed by atoms with Crippen molar-refractivity contribution in [2.45, 2.75) is 26.2 Å². The van der Waals surface area contributed by atoms with E-state index < -0.39 is 0 Å². The normalized spacial score (nSPS) is 17.0. The van der Waals surface area contributed by atoms with Crippen molar-refractivity contribution in [1.82, 2.24) is 0 Å². The van der Waals surface area contributed by atoms with Crippen LogP contribution in [0.1, 0.15) is 24.8 Å². The second-order valence-corrected chi connectivity index (χ2v) is 5.56. The molecular formula is C13H16BrNO3. The first-order valence-corrected chi connectivity index (χ1v) is 7.12. The van der Waals surface area contributed by atoms with Crippen LogP contribution in [0.15, 0.2) is 18.2 Å². The van der Waals surface area contributed by atoms with Gasteiger partial charge in [-0.2, -0.15) is 0 Å². The first kappa shape index (κ1) is 13.3. The van der Waals surface area contributed by atoms with E-state index in [1.54, 1.807) is 12.1 Å². The minimum atomic E-state index is -0.385. The molecule has 0 unspecified atom stereocenters. The van der Waals surface area contributed by atoms with Gasteiger partial charge in [0.25, 0.3) is 0 Å². The van der Waals surface area contributed by atoms with Gasteiger partial charge in [0, 0.05) is 16.8 Å². The average molecular weight is 314 g/mol. The summed E-state index contributed by atoms with van der Waals surface area (Å²) in [5.74, 6) is 0.373. The fourth-order valence-corrected chi connectivity index (χ4v) is 2.84. The molecule has 1 saturated carbocycles. The Morgan fingerprint density at radius 2 is 2.22 bits per heavy atom. The number of rotatable bonds is 5. The summed E-state index contributed by atoms with van der Waals surface area (Å²) in [6, 6.07) is 5.08. The lowest BCUT2D eigenvalue weighted by atomic mass is 9.71. The summed E-state index contributed by atoms with van der Waals surface area (Å²) < 4.78 is 5.68. The summed E-state index contributed by atoms with van der Waals surface area (Å²) in [4.78, 5) is 10.6. The Morgan fingerprint density at radius 1 is 1.50 bits per heavy atom. The fourth-order valence-electron chi connectivity index (χ4n) is 2.12. The molecule has 18 heavy (non-hydrogen) atoms. The van der Waals surface area contributed by atoms with Gasteiger partial charge in [-0.3, -0.25) is 10.1 Å². The Bertz CT molecular complexity index is 452. The Hall–Kier alpha value is -1.10. The molecule has 98 valence electrons. The van der Waals surface area contributed by atoms with E-state index in [-0.39, 0.29) is 16.0 Å². The molecule has 0 atom stereocenters. The molecule has 1 aliphatic carbocycles. The SMILES string of the molecule is Cc1ccc(OCC2(CBr)CCC2)c([N+](=O)[O-])c1. The maximum absolute atomic E-state index is 11.0. The predicted molar refractivity (Wildman–Crippen MR) is 73.4 cm³/mol. The van der Waals surface area contributed by atoms with Crippen molar-refractivity contribution in [3.8, 4) is 5.75 Å². The number of nitro benzene ring substituents is 1. The van der Waals surface area contributed by atoms with Crippen LogP contribution in [-0.2, 0) is 0 Å². The monoisotopic (exact) mass is 313 g/mol. The largest absolute Gasteiger partial charge is 0.486 e. The highest BCUT2D eigenvalue weighted by atomic mass is 79.9. The molecule has 4 nitrogen and oxygen atoms in total. The minimum absolute atomic E-state index is 0.0547. The van der Waals surface area contributed by atoms with Crippen LogP contribution in [-0.4, -0.2) is 16.9 Å². The number of nitro groups is 1. The molecule has 0 aliphatic heterocycles. The summed E-state index contributed by atoms with van der Waals surface area (Å²) in [5.41, 5.74) is 1.09. The summed E-state index contributed by atoms with van der Waals surface area (Å²) in [6.45, 7) is 2.38. The van der Waals surface area contributed by atoms with E-state index in [4.69, 9.17) is 4.74 Å². The molecule has 1 fully saturated rings. The van der Waals surface area contributed by atoms with Crippen molar-refractivity contribution in [3.05, 3.63) is 33.9 Å². The lowest BCUT2D eigenvalue weighted by Crippen LogP contribution is -2.37. The lowest BCUT2D eigenvalue weighted by Gasteiger charge is -2.39. The summed E-state index contributed by atoms with van der Waals surface area (Å²) in [5, 5.41) is 11.9. The standard InChI is InChI=1S/C13H16BrNO3/c1-10-3-4-12(11(7-10)15(16)17)18-9-13(8-14)5-2-6-13/h3-4,7H,2,5-6,8-9H2,1H3. The highest BCUT2D eigenvalue weighted by Crippen LogP contribution is 2.43. The first-order chi connectivity index (χ1) is 8.56. The molecule has 1 aromatic rings. The number of hydrogen-bond donors (Lipinski definition) is 0. The maximum Gasteiger partial charge on any atom is 0.311 e. The summed E-state index contributed by atoms with van der Waals surface area (Å²) >= 11 is 3.50. The van der Waals surface area contributed by atoms with Crippen molar-refractivity contribution in [2.24, 2.45) is 5.41 Å². The van der Waals surface area contributed by atoms with Crippen LogP contribution in [0.25, 0.3) is 0 Å². The molecule has 0 saturated heterocycles. The average Bonchev–Trinajstić information content (AvgIpc) is 2.29. The lowest BCUT2D eigenvalue weighted by molar-refractivity contribution is -0.386. The Kier molecular flexibility index (Phi) is 3.90. The van der Waals surface area contributed by atoms with Crippen LogP contribution < -0.4 is 4.74 Å². The molecule has 0 aromatic heterocycles. The van der Waals surface area contributed by atoms with E-state index in [0.717, 1.165) is 23.7 Å². The van der Waals surface area contributed by atoms with Crippen LogP contribution in [0.2, 0.25) is 0 Å². The van der Waals surface area contributed by atoms with Crippen molar-refractivity contribution in [3.63, 3.8) is 0 Å². The quantitative estimate of drug-likeness (QED) is 0.471. The van der Waals surface area contributed by atoms with Gasteiger partial charge in [-0.15, -0.1) is 0 Å². The number of benzene rings is 1. The van der Waals surface area contributed by atoms with E-state index in [0.29, 0.717) is 12.4 Å². The Balaban J connectivity index is 2.11. The topological polar surface area (TPSA) is 52.4 Å². The number of halogens is 1. The van der Waals surface area contributed by atoms with Gasteiger partial charge in [0.2, 0.25) is 0 Å². The van der Waals surface area contributed by atoms with E-state index >= 15 is 0 Å². The zero-order valence-electron chi connectivity index (χ0n) is 10.3. The van der Waals surface area contributed by atoms with Gasteiger partial charge in [-0.1, -0.05) is 28.4 Å². The van der Waals surface area contributed by atoms with Gasteiger partial charge in [-0.25, -0.2) is 0 Å². The maximum atomic E-state index is 11.0. The Labute approximate surface area is 115 Å². The van der Waals surface area contributed by atoms with Crippen LogP contribution in [0.3, 0.4) is 0 Å². The van der Waals surface area contributed by atoms with Gasteiger partial charge in [-0.05, 0) is 31.4 Å². The molecule has 0 bridgehead atoms. The molecule has 0 N–H and O–H groups in total. The van der Waals surface area contributed by atoms with Gasteiger partial charge in [0.1, 0.15) is 0 Å². The summed E-state index contributed by atoms with van der Waals surface area (Å²) in [7, 11) is 0. The van der Waals surface area contributed by atoms with Crippen LogP contribution in [0.4, 0.5) is 5.69 Å². The van der Waals surface area contributed by atoms with Gasteiger partial charge in [0.15, 0.2) is 5.75 Å². The Morgan fingerprint density at radius 3 is 2.72 bits per heavy atom. The second kappa shape index (κ2) is 5.26. The number of hydrogen-bond acceptors (Lipinski definition) is 3. The molecule has 1 aromatic carbocycles. The smallest absolute Gasteiger partial charge is 0.311 e. The highest BCUT2D eigenvalue weighted by molar-refractivity contribution is 9.09. The second-order valence-electron chi connectivity index (χ2n) is 5.00. The van der Waals surface area contributed by atoms with Gasteiger partial charge >= 0.3 is 5.69 Å². The van der Waals surface area contributed by atoms with Gasteiger partial charge in [0.05, 0.1) is 11.5 Å². The molecule has 5 heteroatoms. The number of alkyl halides is 1. The van der Waals surface area contributed by atoms with E-state index in [1.807, 2.05) is 13.0 Å². The molecule has 2 rings (SSSR count). The van der Waals surface area contributed by atoms with Crippen LogP contribution in [0, 0.1) is 22.5 Å². The van der Waals surface area contributed by atoms with Crippen molar-refractivity contribution >= 4 is 21.6 Å². The molecule has 0 amide bonds. The molecular weight excluding hydrogens is 298 g/mol. The van der Waals surface area contributed by atoms with Crippen molar-refractivity contribution < 1.29 is 9.66 Å². The number of aryl methyl sites for hydroxylation is 1. The van der Waals surface area contributed by atoms with Crippen molar-refractivity contribution in [1.29, 1.82) is 0 Å². The molecule has 0 spiro atoms. The van der Waals surface area contributed by atoms with E-state index in [9.17, 15) is 10.1 Å². The predicted octanol–water partition coefficient (Wildman–Crippen LogP) is 3.85. The third-order valence-electron chi connectivity index (χ3n) is 3.54. The zero-order chi connectivity index (χ0) is 13.2. The molecule has 0 radical (unpaired) electrons. The van der Waals surface area contributed by atoms with Crippen LogP contribution in [0.5, 0.6) is 5.75 Å². The van der Waals surface area contributed by atoms with Crippen LogP contribution >= 0.6 is 15.9 Å². The first-order valence-electron chi connectivity index (χ1n) is 6.00. The fraction of sp³-hybridized carbons (Fsp3) is 0.538.